The van der Waals surface area contributed by atoms with Gasteiger partial charge in [-0.05, 0) is 99.0 Å². The second-order valence-electron chi connectivity index (χ2n) is 11.6. The van der Waals surface area contributed by atoms with Gasteiger partial charge >= 0.3 is 0 Å². The molecule has 2 saturated carbocycles. The fourth-order valence-corrected chi connectivity index (χ4v) is 6.23. The van der Waals surface area contributed by atoms with Gasteiger partial charge in [0.25, 0.3) is 0 Å². The Hall–Kier alpha value is -1.04. The van der Waals surface area contributed by atoms with Crippen LogP contribution in [-0.4, -0.2) is 34.4 Å². The molecule has 4 unspecified atom stereocenters. The molecule has 4 nitrogen and oxygen atoms in total. The maximum atomic E-state index is 13.6. The Balaban J connectivity index is 1.64. The zero-order chi connectivity index (χ0) is 23.5. The largest absolute Gasteiger partial charge is 0.393 e. The van der Waals surface area contributed by atoms with E-state index in [0.717, 1.165) is 57.8 Å². The van der Waals surface area contributed by atoms with Gasteiger partial charge in [-0.25, -0.2) is 4.39 Å². The molecule has 0 bridgehead atoms. The van der Waals surface area contributed by atoms with Gasteiger partial charge in [0.15, 0.2) is 5.78 Å². The molecule has 0 aromatic carbocycles. The molecule has 3 aliphatic carbocycles. The number of ketones is 1. The topological polar surface area (TPSA) is 69.6 Å². The van der Waals surface area contributed by atoms with Crippen molar-refractivity contribution in [3.05, 3.63) is 24.1 Å². The minimum absolute atomic E-state index is 0.000554. The van der Waals surface area contributed by atoms with Crippen molar-refractivity contribution >= 4 is 5.78 Å². The van der Waals surface area contributed by atoms with Gasteiger partial charge in [-0.15, -0.1) is 0 Å². The van der Waals surface area contributed by atoms with E-state index in [9.17, 15) is 19.4 Å². The van der Waals surface area contributed by atoms with Crippen molar-refractivity contribution in [2.24, 2.45) is 35.0 Å². The summed E-state index contributed by atoms with van der Waals surface area (Å²) in [4.78, 5) is 13.6. The second-order valence-corrected chi connectivity index (χ2v) is 11.6. The zero-order valence-corrected chi connectivity index (χ0v) is 20.4. The second kappa shape index (κ2) is 10.9. The maximum Gasteiger partial charge on any atom is 0.153 e. The number of aliphatic hydroxyl groups excluding tert-OH is 2. The van der Waals surface area contributed by atoms with E-state index in [1.54, 1.807) is 12.2 Å². The van der Waals surface area contributed by atoms with Crippen molar-refractivity contribution < 1.29 is 19.4 Å². The van der Waals surface area contributed by atoms with Crippen LogP contribution in [0.15, 0.2) is 24.1 Å². The van der Waals surface area contributed by atoms with Crippen molar-refractivity contribution in [3.63, 3.8) is 0 Å². The highest BCUT2D eigenvalue weighted by Crippen LogP contribution is 2.47. The van der Waals surface area contributed by atoms with E-state index in [2.05, 4.69) is 19.2 Å². The van der Waals surface area contributed by atoms with Gasteiger partial charge in [0.1, 0.15) is 12.1 Å². The normalized spacial score (nSPS) is 35.1. The Morgan fingerprint density at radius 2 is 1.81 bits per heavy atom. The molecule has 0 aliphatic heterocycles. The summed E-state index contributed by atoms with van der Waals surface area (Å²) in [5.74, 6) is 1.06. The van der Waals surface area contributed by atoms with Crippen molar-refractivity contribution in [3.8, 4) is 0 Å². The van der Waals surface area contributed by atoms with E-state index in [4.69, 9.17) is 0 Å². The number of carbonyl (C=O) groups is 1. The fourth-order valence-electron chi connectivity index (χ4n) is 6.23. The summed E-state index contributed by atoms with van der Waals surface area (Å²) >= 11 is 0. The molecule has 0 aromatic heterocycles. The van der Waals surface area contributed by atoms with Crippen LogP contribution < -0.4 is 5.32 Å². The summed E-state index contributed by atoms with van der Waals surface area (Å²) < 4.78 is 13.5. The maximum absolute atomic E-state index is 13.6. The summed E-state index contributed by atoms with van der Waals surface area (Å²) in [7, 11) is 0. The summed E-state index contributed by atoms with van der Waals surface area (Å²) in [5.41, 5.74) is 0.106. The number of aliphatic hydroxyl groups is 2. The molecule has 3 N–H and O–H groups in total. The van der Waals surface area contributed by atoms with E-state index < -0.39 is 6.23 Å². The number of allylic oxidation sites excluding steroid dienone is 4. The first kappa shape index (κ1) is 25.6. The number of rotatable bonds is 7. The van der Waals surface area contributed by atoms with Crippen molar-refractivity contribution in [2.75, 3.05) is 0 Å². The number of Topliss-reactive ketones (excluding diaryl/α,β-unsaturated/α-hetero) is 1. The van der Waals surface area contributed by atoms with Crippen LogP contribution in [0.3, 0.4) is 0 Å². The van der Waals surface area contributed by atoms with Gasteiger partial charge in [0, 0.05) is 5.92 Å². The Labute approximate surface area is 193 Å². The molecular weight excluding hydrogens is 405 g/mol. The SMILES string of the molecule is CC(C)[C@@H](NC(O)C1CCC(O)CC1)C(=O)C1CCC(C2C=CC(F)=CC2)C(C)(C)CC1. The standard InChI is InChI=1S/C27H44FNO3/c1-17(2)24(29-26(32)20-7-12-22(30)13-8-20)25(31)19-9-14-23(27(3,4)16-15-19)18-5-10-21(28)11-6-18/h5,10-11,17-20,22-24,26,29-30,32H,6-9,12-16H2,1-4H3/t18?,19?,20?,22?,23?,24-,26?/m1/s1. The molecule has 3 aliphatic rings. The summed E-state index contributed by atoms with van der Waals surface area (Å²) in [6.45, 7) is 8.69. The van der Waals surface area contributed by atoms with Crippen LogP contribution >= 0.6 is 0 Å². The van der Waals surface area contributed by atoms with Gasteiger partial charge in [-0.2, -0.15) is 0 Å². The van der Waals surface area contributed by atoms with E-state index in [1.807, 2.05) is 19.9 Å². The number of halogens is 1. The van der Waals surface area contributed by atoms with Crippen molar-refractivity contribution in [2.45, 2.75) is 104 Å². The predicted octanol–water partition coefficient (Wildman–Crippen LogP) is 5.30. The highest BCUT2D eigenvalue weighted by Gasteiger charge is 2.41. The molecule has 5 heteroatoms. The van der Waals surface area contributed by atoms with Gasteiger partial charge in [-0.1, -0.05) is 33.8 Å². The van der Waals surface area contributed by atoms with Crippen LogP contribution in [0.25, 0.3) is 0 Å². The van der Waals surface area contributed by atoms with Gasteiger partial charge in [-0.3, -0.25) is 10.1 Å². The average molecular weight is 450 g/mol. The zero-order valence-electron chi connectivity index (χ0n) is 20.4. The third-order valence-electron chi connectivity index (χ3n) is 8.49. The van der Waals surface area contributed by atoms with Crippen LogP contribution in [0.1, 0.15) is 85.5 Å². The Kier molecular flexibility index (Phi) is 8.73. The lowest BCUT2D eigenvalue weighted by atomic mass is 9.67. The molecule has 3 rings (SSSR count). The smallest absolute Gasteiger partial charge is 0.153 e. The third kappa shape index (κ3) is 6.30. The van der Waals surface area contributed by atoms with Crippen LogP contribution in [0.2, 0.25) is 0 Å². The van der Waals surface area contributed by atoms with E-state index >= 15 is 0 Å². The molecule has 0 heterocycles. The molecule has 0 aromatic rings. The number of nitrogens with one attached hydrogen (secondary N) is 1. The number of hydrogen-bond donors (Lipinski definition) is 3. The molecule has 32 heavy (non-hydrogen) atoms. The molecular formula is C27H44FNO3. The number of carbonyl (C=O) groups excluding carboxylic acids is 1. The number of hydrogen-bond acceptors (Lipinski definition) is 4. The minimum Gasteiger partial charge on any atom is -0.393 e. The Bertz CT molecular complexity index is 693. The lowest BCUT2D eigenvalue weighted by molar-refractivity contribution is -0.128. The molecule has 0 amide bonds. The monoisotopic (exact) mass is 449 g/mol. The Morgan fingerprint density at radius 3 is 2.41 bits per heavy atom. The predicted molar refractivity (Wildman–Crippen MR) is 126 cm³/mol. The van der Waals surface area contributed by atoms with Crippen molar-refractivity contribution in [1.82, 2.24) is 5.32 Å². The third-order valence-corrected chi connectivity index (χ3v) is 8.49. The van der Waals surface area contributed by atoms with Crippen LogP contribution in [0, 0.1) is 35.0 Å². The molecule has 0 spiro atoms. The van der Waals surface area contributed by atoms with Crippen LogP contribution in [0.4, 0.5) is 4.39 Å². The van der Waals surface area contributed by atoms with Gasteiger partial charge in [0.05, 0.1) is 12.1 Å². The lowest BCUT2D eigenvalue weighted by Crippen LogP contribution is -2.51. The van der Waals surface area contributed by atoms with Crippen molar-refractivity contribution in [1.29, 1.82) is 0 Å². The van der Waals surface area contributed by atoms with Crippen LogP contribution in [-0.2, 0) is 4.79 Å². The van der Waals surface area contributed by atoms with Crippen LogP contribution in [0.5, 0.6) is 0 Å². The summed E-state index contributed by atoms with van der Waals surface area (Å²) in [5, 5.41) is 23.8. The van der Waals surface area contributed by atoms with E-state index in [-0.39, 0.29) is 46.9 Å². The first-order valence-electron chi connectivity index (χ1n) is 12.8. The molecule has 0 radical (unpaired) electrons. The Morgan fingerprint density at radius 1 is 1.12 bits per heavy atom. The molecule has 5 atom stereocenters. The first-order chi connectivity index (χ1) is 15.1. The highest BCUT2D eigenvalue weighted by atomic mass is 19.1. The van der Waals surface area contributed by atoms with Gasteiger partial charge in [0.2, 0.25) is 0 Å². The van der Waals surface area contributed by atoms with E-state index in [1.165, 1.54) is 0 Å². The fraction of sp³-hybridized carbons (Fsp3) is 0.815. The minimum atomic E-state index is -0.706. The van der Waals surface area contributed by atoms with E-state index in [0.29, 0.717) is 11.8 Å². The average Bonchev–Trinajstić information content (AvgIpc) is 2.90. The lowest BCUT2D eigenvalue weighted by Gasteiger charge is -2.38. The quantitative estimate of drug-likeness (QED) is 0.364. The molecule has 2 fully saturated rings. The highest BCUT2D eigenvalue weighted by molar-refractivity contribution is 5.86. The summed E-state index contributed by atoms with van der Waals surface area (Å²) in [6, 6.07) is -0.354. The van der Waals surface area contributed by atoms with Gasteiger partial charge < -0.3 is 10.2 Å². The molecule has 182 valence electrons. The summed E-state index contributed by atoms with van der Waals surface area (Å²) in [6.07, 6.45) is 11.8. The first-order valence-corrected chi connectivity index (χ1v) is 12.8. The molecule has 0 saturated heterocycles.